The second kappa shape index (κ2) is 5.43. The summed E-state index contributed by atoms with van der Waals surface area (Å²) in [5, 5.41) is 3.29. The molecule has 3 nitrogen and oxygen atoms in total. The summed E-state index contributed by atoms with van der Waals surface area (Å²) in [6.07, 6.45) is 1.61. The molecule has 0 aliphatic rings. The molecular weight excluding hydrogens is 311 g/mol. The van der Waals surface area contributed by atoms with Crippen LogP contribution in [-0.2, 0) is 6.54 Å². The summed E-state index contributed by atoms with van der Waals surface area (Å²) in [6, 6.07) is 4.47. The van der Waals surface area contributed by atoms with Crippen molar-refractivity contribution in [2.24, 2.45) is 0 Å². The molecule has 0 unspecified atom stereocenters. The van der Waals surface area contributed by atoms with Crippen LogP contribution < -0.4 is 5.32 Å². The second-order valence-electron chi connectivity index (χ2n) is 5.35. The number of aromatic nitrogens is 1. The predicted octanol–water partition coefficient (Wildman–Crippen LogP) is 4.13. The van der Waals surface area contributed by atoms with Crippen molar-refractivity contribution in [2.45, 2.75) is 32.9 Å². The molecule has 0 saturated carbocycles. The number of oxazole rings is 1. The first-order chi connectivity index (χ1) is 8.85. The molecule has 19 heavy (non-hydrogen) atoms. The van der Waals surface area contributed by atoms with E-state index in [9.17, 15) is 4.39 Å². The van der Waals surface area contributed by atoms with Gasteiger partial charge in [-0.2, -0.15) is 0 Å². The predicted molar refractivity (Wildman–Crippen MR) is 76.2 cm³/mol. The summed E-state index contributed by atoms with van der Waals surface area (Å²) in [5.41, 5.74) is 0.656. The molecule has 5 heteroatoms. The minimum atomic E-state index is -0.302. The molecule has 2 rings (SSSR count). The van der Waals surface area contributed by atoms with Gasteiger partial charge in [-0.3, -0.25) is 0 Å². The Morgan fingerprint density at radius 3 is 2.79 bits per heavy atom. The highest BCUT2D eigenvalue weighted by atomic mass is 79.9. The highest BCUT2D eigenvalue weighted by Crippen LogP contribution is 2.29. The molecule has 1 N–H and O–H groups in total. The molecule has 1 heterocycles. The molecule has 0 aliphatic carbocycles. The van der Waals surface area contributed by atoms with E-state index < -0.39 is 0 Å². The maximum absolute atomic E-state index is 13.2. The van der Waals surface area contributed by atoms with Crippen LogP contribution in [0.5, 0.6) is 0 Å². The van der Waals surface area contributed by atoms with Crippen LogP contribution in [0.25, 0.3) is 11.3 Å². The third-order valence-corrected chi connectivity index (χ3v) is 3.21. The smallest absolute Gasteiger partial charge is 0.208 e. The lowest BCUT2D eigenvalue weighted by atomic mass is 10.1. The monoisotopic (exact) mass is 326 g/mol. The van der Waals surface area contributed by atoms with Gasteiger partial charge in [-0.05, 0) is 39.0 Å². The van der Waals surface area contributed by atoms with Crippen molar-refractivity contribution in [1.82, 2.24) is 10.3 Å². The molecule has 0 saturated heterocycles. The lowest BCUT2D eigenvalue weighted by Crippen LogP contribution is -2.35. The van der Waals surface area contributed by atoms with Crippen LogP contribution in [-0.4, -0.2) is 10.5 Å². The number of nitrogens with one attached hydrogen (secondary N) is 1. The molecule has 0 bridgehead atoms. The van der Waals surface area contributed by atoms with Gasteiger partial charge in [0.2, 0.25) is 5.89 Å². The van der Waals surface area contributed by atoms with Crippen LogP contribution in [0.3, 0.4) is 0 Å². The van der Waals surface area contributed by atoms with Gasteiger partial charge < -0.3 is 9.73 Å². The van der Waals surface area contributed by atoms with Crippen molar-refractivity contribution in [3.63, 3.8) is 0 Å². The summed E-state index contributed by atoms with van der Waals surface area (Å²) in [6.45, 7) is 6.75. The average molecular weight is 327 g/mol. The van der Waals surface area contributed by atoms with Gasteiger partial charge in [0, 0.05) is 15.6 Å². The maximum atomic E-state index is 13.2. The van der Waals surface area contributed by atoms with E-state index in [1.807, 2.05) is 0 Å². The number of nitrogens with zero attached hydrogens (tertiary/aromatic N) is 1. The Hall–Kier alpha value is -1.20. The number of rotatable bonds is 3. The molecule has 1 aromatic heterocycles. The van der Waals surface area contributed by atoms with E-state index >= 15 is 0 Å². The first-order valence-corrected chi connectivity index (χ1v) is 6.79. The summed E-state index contributed by atoms with van der Waals surface area (Å²) >= 11 is 3.38. The number of halogens is 2. The fourth-order valence-corrected chi connectivity index (χ4v) is 1.99. The van der Waals surface area contributed by atoms with E-state index in [0.717, 1.165) is 4.47 Å². The van der Waals surface area contributed by atoms with Crippen LogP contribution in [0.4, 0.5) is 4.39 Å². The maximum Gasteiger partial charge on any atom is 0.208 e. The zero-order valence-corrected chi connectivity index (χ0v) is 12.7. The average Bonchev–Trinajstić information content (AvgIpc) is 2.77. The molecule has 0 radical (unpaired) electrons. The van der Waals surface area contributed by atoms with Gasteiger partial charge in [0.15, 0.2) is 5.76 Å². The van der Waals surface area contributed by atoms with Crippen LogP contribution in [0.1, 0.15) is 26.7 Å². The lowest BCUT2D eigenvalue weighted by molar-refractivity contribution is 0.383. The SMILES string of the molecule is CC(C)(C)NCc1ncc(-c2cc(F)ccc2Br)o1. The lowest BCUT2D eigenvalue weighted by Gasteiger charge is -2.18. The zero-order chi connectivity index (χ0) is 14.0. The van der Waals surface area contributed by atoms with Crippen molar-refractivity contribution >= 4 is 15.9 Å². The Morgan fingerprint density at radius 2 is 2.11 bits per heavy atom. The summed E-state index contributed by atoms with van der Waals surface area (Å²) in [7, 11) is 0. The number of hydrogen-bond donors (Lipinski definition) is 1. The second-order valence-corrected chi connectivity index (χ2v) is 6.20. The van der Waals surface area contributed by atoms with Crippen LogP contribution >= 0.6 is 15.9 Å². The molecular formula is C14H16BrFN2O. The van der Waals surface area contributed by atoms with Gasteiger partial charge in [-0.25, -0.2) is 9.37 Å². The molecule has 0 aliphatic heterocycles. The zero-order valence-electron chi connectivity index (χ0n) is 11.1. The molecule has 0 spiro atoms. The van der Waals surface area contributed by atoms with Crippen molar-refractivity contribution < 1.29 is 8.81 Å². The highest BCUT2D eigenvalue weighted by Gasteiger charge is 2.13. The van der Waals surface area contributed by atoms with Gasteiger partial charge in [-0.15, -0.1) is 0 Å². The van der Waals surface area contributed by atoms with E-state index in [1.54, 1.807) is 12.3 Å². The Labute approximate surface area is 120 Å². The standard InChI is InChI=1S/C14H16BrFN2O/c1-14(2,3)18-8-13-17-7-12(19-13)10-6-9(16)4-5-11(10)15/h4-7,18H,8H2,1-3H3. The van der Waals surface area contributed by atoms with E-state index in [2.05, 4.69) is 47.0 Å². The molecule has 1 aromatic carbocycles. The van der Waals surface area contributed by atoms with Crippen LogP contribution in [0, 0.1) is 5.82 Å². The van der Waals surface area contributed by atoms with E-state index in [4.69, 9.17) is 4.42 Å². The fourth-order valence-electron chi connectivity index (χ4n) is 1.54. The fraction of sp³-hybridized carbons (Fsp3) is 0.357. The third kappa shape index (κ3) is 3.88. The third-order valence-electron chi connectivity index (χ3n) is 2.52. The molecule has 0 fully saturated rings. The van der Waals surface area contributed by atoms with E-state index in [0.29, 0.717) is 23.8 Å². The quantitative estimate of drug-likeness (QED) is 0.921. The molecule has 102 valence electrons. The van der Waals surface area contributed by atoms with Crippen molar-refractivity contribution in [2.75, 3.05) is 0 Å². The first-order valence-electron chi connectivity index (χ1n) is 6.00. The van der Waals surface area contributed by atoms with Gasteiger partial charge >= 0.3 is 0 Å². The van der Waals surface area contributed by atoms with E-state index in [-0.39, 0.29) is 11.4 Å². The van der Waals surface area contributed by atoms with Gasteiger partial charge in [-0.1, -0.05) is 15.9 Å². The van der Waals surface area contributed by atoms with Crippen LogP contribution in [0.15, 0.2) is 33.3 Å². The Kier molecular flexibility index (Phi) is 4.06. The molecule has 0 atom stereocenters. The van der Waals surface area contributed by atoms with Gasteiger partial charge in [0.05, 0.1) is 12.7 Å². The molecule has 2 aromatic rings. The Morgan fingerprint density at radius 1 is 1.37 bits per heavy atom. The minimum Gasteiger partial charge on any atom is -0.439 e. The summed E-state index contributed by atoms with van der Waals surface area (Å²) in [5.74, 6) is 0.835. The number of benzene rings is 1. The summed E-state index contributed by atoms with van der Waals surface area (Å²) < 4.78 is 19.7. The topological polar surface area (TPSA) is 38.1 Å². The van der Waals surface area contributed by atoms with Crippen LogP contribution in [0.2, 0.25) is 0 Å². The summed E-state index contributed by atoms with van der Waals surface area (Å²) in [4.78, 5) is 4.19. The largest absolute Gasteiger partial charge is 0.439 e. The Bertz CT molecular complexity index is 575. The van der Waals surface area contributed by atoms with Crippen molar-refractivity contribution in [1.29, 1.82) is 0 Å². The molecule has 0 amide bonds. The van der Waals surface area contributed by atoms with Gasteiger partial charge in [0.25, 0.3) is 0 Å². The van der Waals surface area contributed by atoms with Crippen molar-refractivity contribution in [3.05, 3.63) is 40.6 Å². The first kappa shape index (κ1) is 14.2. The highest BCUT2D eigenvalue weighted by molar-refractivity contribution is 9.10. The number of hydrogen-bond acceptors (Lipinski definition) is 3. The normalized spacial score (nSPS) is 11.8. The Balaban J connectivity index is 2.19. The minimum absolute atomic E-state index is 0.00588. The van der Waals surface area contributed by atoms with Gasteiger partial charge in [0.1, 0.15) is 5.82 Å². The van der Waals surface area contributed by atoms with Crippen molar-refractivity contribution in [3.8, 4) is 11.3 Å². The van der Waals surface area contributed by atoms with E-state index in [1.165, 1.54) is 12.1 Å².